The molecule has 112 valence electrons. The first kappa shape index (κ1) is 16.1. The SMILES string of the molecule is CCC(C)CNC(=O)c1cc(OC)c(OC)c(OC)c1. The van der Waals surface area contributed by atoms with Crippen molar-refractivity contribution in [3.8, 4) is 17.2 Å². The van der Waals surface area contributed by atoms with E-state index in [-0.39, 0.29) is 5.91 Å². The van der Waals surface area contributed by atoms with Crippen LogP contribution in [0.1, 0.15) is 30.6 Å². The Balaban J connectivity index is 2.97. The maximum Gasteiger partial charge on any atom is 0.251 e. The number of hydrogen-bond donors (Lipinski definition) is 1. The Morgan fingerprint density at radius 3 is 2.10 bits per heavy atom. The number of hydrogen-bond acceptors (Lipinski definition) is 4. The van der Waals surface area contributed by atoms with E-state index in [0.717, 1.165) is 6.42 Å². The van der Waals surface area contributed by atoms with Gasteiger partial charge in [0.05, 0.1) is 21.3 Å². The molecule has 0 spiro atoms. The van der Waals surface area contributed by atoms with Gasteiger partial charge >= 0.3 is 0 Å². The van der Waals surface area contributed by atoms with Crippen LogP contribution in [0.3, 0.4) is 0 Å². The fourth-order valence-electron chi connectivity index (χ4n) is 1.73. The van der Waals surface area contributed by atoms with Gasteiger partial charge in [0.1, 0.15) is 0 Å². The van der Waals surface area contributed by atoms with Gasteiger partial charge in [-0.25, -0.2) is 0 Å². The average Bonchev–Trinajstić information content (AvgIpc) is 2.50. The van der Waals surface area contributed by atoms with Crippen LogP contribution in [0.15, 0.2) is 12.1 Å². The number of carbonyl (C=O) groups excluding carboxylic acids is 1. The number of ether oxygens (including phenoxy) is 3. The summed E-state index contributed by atoms with van der Waals surface area (Å²) in [6.07, 6.45) is 1.02. The van der Waals surface area contributed by atoms with Crippen LogP contribution in [0.5, 0.6) is 17.2 Å². The van der Waals surface area contributed by atoms with E-state index < -0.39 is 0 Å². The van der Waals surface area contributed by atoms with Crippen LogP contribution in [-0.4, -0.2) is 33.8 Å². The molecule has 0 fully saturated rings. The lowest BCUT2D eigenvalue weighted by molar-refractivity contribution is 0.0947. The van der Waals surface area contributed by atoms with Crippen molar-refractivity contribution in [2.45, 2.75) is 20.3 Å². The number of nitrogens with one attached hydrogen (secondary N) is 1. The normalized spacial score (nSPS) is 11.7. The summed E-state index contributed by atoms with van der Waals surface area (Å²) in [6, 6.07) is 3.29. The molecule has 0 heterocycles. The Morgan fingerprint density at radius 2 is 1.70 bits per heavy atom. The van der Waals surface area contributed by atoms with Crippen molar-refractivity contribution >= 4 is 5.91 Å². The minimum atomic E-state index is -0.149. The Morgan fingerprint density at radius 1 is 1.15 bits per heavy atom. The number of carbonyl (C=O) groups is 1. The molecule has 0 aliphatic heterocycles. The van der Waals surface area contributed by atoms with Gasteiger partial charge in [0, 0.05) is 12.1 Å². The second-order valence-corrected chi connectivity index (χ2v) is 4.64. The molecule has 0 bridgehead atoms. The van der Waals surface area contributed by atoms with E-state index in [1.807, 2.05) is 0 Å². The molecular formula is C15H23NO4. The third kappa shape index (κ3) is 3.79. The highest BCUT2D eigenvalue weighted by molar-refractivity contribution is 5.95. The van der Waals surface area contributed by atoms with Gasteiger partial charge in [-0.2, -0.15) is 0 Å². The van der Waals surface area contributed by atoms with Crippen LogP contribution in [0.4, 0.5) is 0 Å². The first-order valence-corrected chi connectivity index (χ1v) is 6.65. The van der Waals surface area contributed by atoms with Crippen molar-refractivity contribution in [2.75, 3.05) is 27.9 Å². The van der Waals surface area contributed by atoms with Crippen molar-refractivity contribution in [2.24, 2.45) is 5.92 Å². The van der Waals surface area contributed by atoms with Gasteiger partial charge in [0.15, 0.2) is 11.5 Å². The molecule has 1 N–H and O–H groups in total. The minimum Gasteiger partial charge on any atom is -0.493 e. The maximum atomic E-state index is 12.1. The Kier molecular flexibility index (Phi) is 6.15. The third-order valence-corrected chi connectivity index (χ3v) is 3.23. The Labute approximate surface area is 120 Å². The molecule has 0 aliphatic carbocycles. The number of amides is 1. The lowest BCUT2D eigenvalue weighted by atomic mass is 10.1. The summed E-state index contributed by atoms with van der Waals surface area (Å²) in [6.45, 7) is 4.83. The summed E-state index contributed by atoms with van der Waals surface area (Å²) >= 11 is 0. The molecule has 1 unspecified atom stereocenters. The van der Waals surface area contributed by atoms with Crippen LogP contribution >= 0.6 is 0 Å². The average molecular weight is 281 g/mol. The van der Waals surface area contributed by atoms with E-state index in [1.165, 1.54) is 21.3 Å². The van der Waals surface area contributed by atoms with Gasteiger partial charge in [-0.3, -0.25) is 4.79 Å². The van der Waals surface area contributed by atoms with Crippen molar-refractivity contribution in [3.05, 3.63) is 17.7 Å². The van der Waals surface area contributed by atoms with E-state index in [9.17, 15) is 4.79 Å². The lowest BCUT2D eigenvalue weighted by Gasteiger charge is -2.15. The highest BCUT2D eigenvalue weighted by atomic mass is 16.5. The van der Waals surface area contributed by atoms with Crippen LogP contribution in [0, 0.1) is 5.92 Å². The van der Waals surface area contributed by atoms with Crippen molar-refractivity contribution in [1.29, 1.82) is 0 Å². The highest BCUT2D eigenvalue weighted by Crippen LogP contribution is 2.38. The summed E-state index contributed by atoms with van der Waals surface area (Å²) in [5.41, 5.74) is 0.489. The standard InChI is InChI=1S/C15H23NO4/c1-6-10(2)9-16-15(17)11-7-12(18-3)14(20-5)13(8-11)19-4/h7-8,10H,6,9H2,1-5H3,(H,16,17). The van der Waals surface area contributed by atoms with Crippen LogP contribution < -0.4 is 19.5 Å². The summed E-state index contributed by atoms with van der Waals surface area (Å²) < 4.78 is 15.7. The topological polar surface area (TPSA) is 56.8 Å². The van der Waals surface area contributed by atoms with Crippen LogP contribution in [0.25, 0.3) is 0 Å². The molecule has 0 radical (unpaired) electrons. The Hall–Kier alpha value is -1.91. The first-order chi connectivity index (χ1) is 9.57. The third-order valence-electron chi connectivity index (χ3n) is 3.23. The number of rotatable bonds is 7. The Bertz CT molecular complexity index is 434. The summed E-state index contributed by atoms with van der Waals surface area (Å²) in [7, 11) is 4.58. The molecule has 1 amide bonds. The second kappa shape index (κ2) is 7.62. The predicted molar refractivity (Wildman–Crippen MR) is 77.9 cm³/mol. The smallest absolute Gasteiger partial charge is 0.251 e. The summed E-state index contributed by atoms with van der Waals surface area (Å²) in [4.78, 5) is 12.1. The van der Waals surface area contributed by atoms with Crippen molar-refractivity contribution < 1.29 is 19.0 Å². The molecule has 0 aromatic heterocycles. The minimum absolute atomic E-state index is 0.149. The van der Waals surface area contributed by atoms with Gasteiger partial charge in [0.2, 0.25) is 5.75 Å². The number of benzene rings is 1. The molecular weight excluding hydrogens is 258 g/mol. The van der Waals surface area contributed by atoms with Gasteiger partial charge < -0.3 is 19.5 Å². The first-order valence-electron chi connectivity index (χ1n) is 6.65. The van der Waals surface area contributed by atoms with Gasteiger partial charge in [-0.1, -0.05) is 20.3 Å². The van der Waals surface area contributed by atoms with E-state index in [2.05, 4.69) is 19.2 Å². The van der Waals surface area contributed by atoms with Gasteiger partial charge in [-0.15, -0.1) is 0 Å². The van der Waals surface area contributed by atoms with E-state index in [1.54, 1.807) is 12.1 Å². The van der Waals surface area contributed by atoms with Crippen LogP contribution in [0.2, 0.25) is 0 Å². The highest BCUT2D eigenvalue weighted by Gasteiger charge is 2.17. The molecule has 20 heavy (non-hydrogen) atoms. The van der Waals surface area contributed by atoms with E-state index in [4.69, 9.17) is 14.2 Å². The second-order valence-electron chi connectivity index (χ2n) is 4.64. The number of methoxy groups -OCH3 is 3. The van der Waals surface area contributed by atoms with Crippen molar-refractivity contribution in [1.82, 2.24) is 5.32 Å². The molecule has 1 aromatic carbocycles. The van der Waals surface area contributed by atoms with E-state index >= 15 is 0 Å². The molecule has 5 heteroatoms. The summed E-state index contributed by atoms with van der Waals surface area (Å²) in [5, 5.41) is 2.90. The van der Waals surface area contributed by atoms with Gasteiger partial charge in [0.25, 0.3) is 5.91 Å². The molecule has 0 saturated carbocycles. The zero-order valence-electron chi connectivity index (χ0n) is 12.8. The fourth-order valence-corrected chi connectivity index (χ4v) is 1.73. The monoisotopic (exact) mass is 281 g/mol. The largest absolute Gasteiger partial charge is 0.493 e. The molecule has 1 rings (SSSR count). The molecule has 0 aliphatic rings. The lowest BCUT2D eigenvalue weighted by Crippen LogP contribution is -2.28. The molecule has 1 aromatic rings. The van der Waals surface area contributed by atoms with Crippen LogP contribution in [-0.2, 0) is 0 Å². The quantitative estimate of drug-likeness (QED) is 0.834. The zero-order valence-corrected chi connectivity index (χ0v) is 12.8. The fraction of sp³-hybridized carbons (Fsp3) is 0.533. The summed E-state index contributed by atoms with van der Waals surface area (Å²) in [5.74, 6) is 1.72. The van der Waals surface area contributed by atoms with Gasteiger partial charge in [-0.05, 0) is 18.1 Å². The zero-order chi connectivity index (χ0) is 15.1. The molecule has 0 saturated heterocycles. The maximum absolute atomic E-state index is 12.1. The predicted octanol–water partition coefficient (Wildman–Crippen LogP) is 2.49. The molecule has 1 atom stereocenters. The van der Waals surface area contributed by atoms with Crippen molar-refractivity contribution in [3.63, 3.8) is 0 Å². The van der Waals surface area contributed by atoms with E-state index in [0.29, 0.717) is 35.3 Å². The molecule has 5 nitrogen and oxygen atoms in total.